The molecule has 0 saturated carbocycles. The van der Waals surface area contributed by atoms with Crippen LogP contribution in [-0.2, 0) is 14.3 Å². The zero-order valence-corrected chi connectivity index (χ0v) is 15.9. The Morgan fingerprint density at radius 1 is 0.958 bits per heavy atom. The summed E-state index contributed by atoms with van der Waals surface area (Å²) in [5.74, 6) is -1.14. The molecule has 0 aliphatic rings. The smallest absolute Gasteiger partial charge is 0.310 e. The van der Waals surface area contributed by atoms with E-state index in [1.54, 1.807) is 6.08 Å². The number of carboxylic acids is 1. The van der Waals surface area contributed by atoms with Crippen LogP contribution in [0.4, 0.5) is 0 Å². The molecule has 0 aromatic carbocycles. The van der Waals surface area contributed by atoms with Gasteiger partial charge in [-0.2, -0.15) is 0 Å². The molecular formula is C20H36O4. The monoisotopic (exact) mass is 340 g/mol. The Labute approximate surface area is 148 Å². The van der Waals surface area contributed by atoms with Gasteiger partial charge in [0.2, 0.25) is 0 Å². The topological polar surface area (TPSA) is 63.6 Å². The minimum absolute atomic E-state index is 0.134. The molecule has 0 spiro atoms. The van der Waals surface area contributed by atoms with Gasteiger partial charge in [-0.1, -0.05) is 70.8 Å². The number of allylic oxidation sites excluding steroid dienone is 2. The standard InChI is InChI=1S/2C10H18O2/c1-3-5-6-7-8-9-10(11)12-4-2;1-3-5-6-7-8-9(4-2)10(11)12/h7-8H,3-6,9H2,1-2H3;7-9H,3-6H2,1-2H3,(H,11,12)/b8-7+;. The van der Waals surface area contributed by atoms with Gasteiger partial charge in [-0.05, 0) is 26.2 Å². The van der Waals surface area contributed by atoms with E-state index in [1.165, 1.54) is 12.8 Å². The second-order valence-electron chi connectivity index (χ2n) is 5.55. The number of hydrogen-bond donors (Lipinski definition) is 1. The van der Waals surface area contributed by atoms with Crippen molar-refractivity contribution in [2.75, 3.05) is 6.61 Å². The lowest BCUT2D eigenvalue weighted by Gasteiger charge is -2.01. The highest BCUT2D eigenvalue weighted by atomic mass is 16.5. The van der Waals surface area contributed by atoms with E-state index in [4.69, 9.17) is 9.84 Å². The second-order valence-corrected chi connectivity index (χ2v) is 5.55. The van der Waals surface area contributed by atoms with Crippen molar-refractivity contribution >= 4 is 11.9 Å². The van der Waals surface area contributed by atoms with Crippen LogP contribution >= 0.6 is 0 Å². The highest BCUT2D eigenvalue weighted by Crippen LogP contribution is 2.06. The third kappa shape index (κ3) is 18.5. The number of esters is 1. The zero-order chi connectivity index (χ0) is 18.6. The first kappa shape index (κ1) is 24.7. The van der Waals surface area contributed by atoms with E-state index in [1.807, 2.05) is 32.1 Å². The molecule has 0 fully saturated rings. The maximum absolute atomic E-state index is 10.8. The van der Waals surface area contributed by atoms with E-state index in [0.29, 0.717) is 19.4 Å². The Morgan fingerprint density at radius 3 is 2.00 bits per heavy atom. The van der Waals surface area contributed by atoms with E-state index in [9.17, 15) is 9.59 Å². The molecule has 0 aromatic rings. The summed E-state index contributed by atoms with van der Waals surface area (Å²) >= 11 is 0. The van der Waals surface area contributed by atoms with Crippen molar-refractivity contribution in [2.24, 2.45) is 5.92 Å². The molecule has 0 aromatic heterocycles. The van der Waals surface area contributed by atoms with Gasteiger partial charge < -0.3 is 9.84 Å². The Hall–Kier alpha value is -1.58. The van der Waals surface area contributed by atoms with E-state index in [2.05, 4.69) is 13.8 Å². The maximum Gasteiger partial charge on any atom is 0.310 e. The first-order valence-electron chi connectivity index (χ1n) is 9.23. The van der Waals surface area contributed by atoms with Crippen LogP contribution in [0.2, 0.25) is 0 Å². The minimum Gasteiger partial charge on any atom is -0.481 e. The Balaban J connectivity index is 0. The van der Waals surface area contributed by atoms with E-state index in [-0.39, 0.29) is 11.9 Å². The number of aliphatic carboxylic acids is 1. The summed E-state index contributed by atoms with van der Waals surface area (Å²) in [4.78, 5) is 21.3. The predicted octanol–water partition coefficient (Wildman–Crippen LogP) is 5.53. The van der Waals surface area contributed by atoms with Gasteiger partial charge in [-0.15, -0.1) is 0 Å². The van der Waals surface area contributed by atoms with E-state index in [0.717, 1.165) is 25.7 Å². The molecule has 0 amide bonds. The van der Waals surface area contributed by atoms with E-state index < -0.39 is 5.97 Å². The van der Waals surface area contributed by atoms with E-state index >= 15 is 0 Å². The Kier molecular flexibility index (Phi) is 20.0. The van der Waals surface area contributed by atoms with Crippen LogP contribution in [0.3, 0.4) is 0 Å². The average molecular weight is 341 g/mol. The third-order valence-corrected chi connectivity index (χ3v) is 3.33. The molecule has 1 N–H and O–H groups in total. The van der Waals surface area contributed by atoms with Gasteiger partial charge in [0.05, 0.1) is 18.9 Å². The molecule has 0 radical (unpaired) electrons. The number of ether oxygens (including phenoxy) is 1. The summed E-state index contributed by atoms with van der Waals surface area (Å²) < 4.78 is 4.76. The van der Waals surface area contributed by atoms with Crippen LogP contribution < -0.4 is 0 Å². The van der Waals surface area contributed by atoms with Crippen LogP contribution in [0.15, 0.2) is 24.3 Å². The number of unbranched alkanes of at least 4 members (excludes halogenated alkanes) is 4. The molecule has 24 heavy (non-hydrogen) atoms. The zero-order valence-electron chi connectivity index (χ0n) is 15.9. The molecule has 1 atom stereocenters. The quantitative estimate of drug-likeness (QED) is 0.288. The molecule has 0 saturated heterocycles. The third-order valence-electron chi connectivity index (χ3n) is 3.33. The summed E-state index contributed by atoms with van der Waals surface area (Å²) in [6, 6.07) is 0. The molecular weight excluding hydrogens is 304 g/mol. The fraction of sp³-hybridized carbons (Fsp3) is 0.700. The van der Waals surface area contributed by atoms with Gasteiger partial charge in [0.15, 0.2) is 0 Å². The molecule has 140 valence electrons. The first-order chi connectivity index (χ1) is 11.5. The van der Waals surface area contributed by atoms with Crippen molar-refractivity contribution < 1.29 is 19.4 Å². The minimum atomic E-state index is -0.717. The van der Waals surface area contributed by atoms with Crippen molar-refractivity contribution in [1.29, 1.82) is 0 Å². The molecule has 0 bridgehead atoms. The molecule has 0 rings (SSSR count). The summed E-state index contributed by atoms with van der Waals surface area (Å²) in [6.07, 6.45) is 15.6. The molecule has 1 unspecified atom stereocenters. The maximum atomic E-state index is 10.8. The highest BCUT2D eigenvalue weighted by molar-refractivity contribution is 5.72. The molecule has 4 nitrogen and oxygen atoms in total. The van der Waals surface area contributed by atoms with Crippen molar-refractivity contribution in [1.82, 2.24) is 0 Å². The molecule has 0 aliphatic carbocycles. The Bertz CT molecular complexity index is 357. The SMILES string of the molecule is CCCC/C=C/CC(=O)OCC.CCCCC=CC(CC)C(=O)O. The number of hydrogen-bond acceptors (Lipinski definition) is 3. The number of rotatable bonds is 12. The number of carbonyl (C=O) groups excluding carboxylic acids is 1. The van der Waals surface area contributed by atoms with Crippen molar-refractivity contribution in [2.45, 2.75) is 79.1 Å². The second kappa shape index (κ2) is 19.5. The van der Waals surface area contributed by atoms with Gasteiger partial charge in [0, 0.05) is 0 Å². The van der Waals surface area contributed by atoms with Gasteiger partial charge in [-0.3, -0.25) is 9.59 Å². The molecule has 0 aliphatic heterocycles. The van der Waals surface area contributed by atoms with Crippen LogP contribution in [-0.4, -0.2) is 23.7 Å². The van der Waals surface area contributed by atoms with Crippen LogP contribution in [0.25, 0.3) is 0 Å². The highest BCUT2D eigenvalue weighted by Gasteiger charge is 2.09. The van der Waals surface area contributed by atoms with Crippen molar-refractivity contribution in [3.05, 3.63) is 24.3 Å². The summed E-state index contributed by atoms with van der Waals surface area (Å²) in [5, 5.41) is 8.68. The fourth-order valence-electron chi connectivity index (χ4n) is 1.81. The average Bonchev–Trinajstić information content (AvgIpc) is 2.55. The van der Waals surface area contributed by atoms with Crippen LogP contribution in [0.1, 0.15) is 79.1 Å². The molecule has 0 heterocycles. The number of carbonyl (C=O) groups is 2. The van der Waals surface area contributed by atoms with Crippen LogP contribution in [0, 0.1) is 5.92 Å². The first-order valence-corrected chi connectivity index (χ1v) is 9.23. The number of carboxylic acid groups (broad SMARTS) is 1. The Morgan fingerprint density at radius 2 is 1.54 bits per heavy atom. The van der Waals surface area contributed by atoms with Gasteiger partial charge in [-0.25, -0.2) is 0 Å². The molecule has 4 heteroatoms. The normalized spacial score (nSPS) is 12.0. The lowest BCUT2D eigenvalue weighted by molar-refractivity contribution is -0.142. The van der Waals surface area contributed by atoms with Crippen molar-refractivity contribution in [3.8, 4) is 0 Å². The van der Waals surface area contributed by atoms with Gasteiger partial charge >= 0.3 is 11.9 Å². The van der Waals surface area contributed by atoms with Crippen molar-refractivity contribution in [3.63, 3.8) is 0 Å². The van der Waals surface area contributed by atoms with Gasteiger partial charge in [0.25, 0.3) is 0 Å². The summed E-state index contributed by atoms with van der Waals surface area (Å²) in [7, 11) is 0. The largest absolute Gasteiger partial charge is 0.481 e. The van der Waals surface area contributed by atoms with Gasteiger partial charge in [0.1, 0.15) is 0 Å². The lowest BCUT2D eigenvalue weighted by Crippen LogP contribution is -2.08. The predicted molar refractivity (Wildman–Crippen MR) is 100.0 cm³/mol. The summed E-state index contributed by atoms with van der Waals surface area (Å²) in [5.41, 5.74) is 0. The van der Waals surface area contributed by atoms with Crippen LogP contribution in [0.5, 0.6) is 0 Å². The fourth-order valence-corrected chi connectivity index (χ4v) is 1.81. The summed E-state index contributed by atoms with van der Waals surface area (Å²) in [6.45, 7) is 8.46. The lowest BCUT2D eigenvalue weighted by atomic mass is 10.1.